The van der Waals surface area contributed by atoms with Crippen LogP contribution in [0.5, 0.6) is 5.75 Å². The quantitative estimate of drug-likeness (QED) is 0.199. The van der Waals surface area contributed by atoms with Crippen LogP contribution >= 0.6 is 11.8 Å². The number of benzene rings is 3. The molecule has 0 atom stereocenters. The lowest BCUT2D eigenvalue weighted by Crippen LogP contribution is -2.41. The van der Waals surface area contributed by atoms with Gasteiger partial charge in [0.1, 0.15) is 5.75 Å². The third kappa shape index (κ3) is 7.17. The molecule has 0 amide bonds. The Hall–Kier alpha value is -3.86. The molecule has 0 unspecified atom stereocenters. The topological polar surface area (TPSA) is 75.2 Å². The van der Waals surface area contributed by atoms with Crippen molar-refractivity contribution in [2.75, 3.05) is 32.0 Å². The van der Waals surface area contributed by atoms with Gasteiger partial charge in [0.2, 0.25) is 11.8 Å². The number of hydrogen-bond acceptors (Lipinski definition) is 7. The second kappa shape index (κ2) is 13.3. The van der Waals surface area contributed by atoms with E-state index in [1.807, 2.05) is 60.7 Å². The summed E-state index contributed by atoms with van der Waals surface area (Å²) in [6.45, 7) is 3.35. The Labute approximate surface area is 234 Å². The third-order valence-corrected chi connectivity index (χ3v) is 7.92. The molecule has 1 aliphatic heterocycles. The Balaban J connectivity index is 1.05. The fourth-order valence-electron chi connectivity index (χ4n) is 4.74. The SMILES string of the molecule is N#CC1(c2ccccc2)CCN(C/C=C/c2ccc(-c3nnc(CSCCOc4ccccc4)o3)cc2)CC1. The number of aromatic nitrogens is 2. The van der Waals surface area contributed by atoms with Crippen LogP contribution in [0, 0.1) is 11.3 Å². The lowest BCUT2D eigenvalue weighted by Gasteiger charge is -2.37. The van der Waals surface area contributed by atoms with Crippen LogP contribution in [0.15, 0.2) is 95.4 Å². The zero-order chi connectivity index (χ0) is 26.8. The highest BCUT2D eigenvalue weighted by Crippen LogP contribution is 2.34. The average molecular weight is 537 g/mol. The van der Waals surface area contributed by atoms with E-state index in [0.29, 0.717) is 24.1 Å². The van der Waals surface area contributed by atoms with Crippen molar-refractivity contribution < 1.29 is 9.15 Å². The molecule has 5 rings (SSSR count). The van der Waals surface area contributed by atoms with Crippen LogP contribution in [0.2, 0.25) is 0 Å². The van der Waals surface area contributed by atoms with E-state index in [1.54, 1.807) is 11.8 Å². The summed E-state index contributed by atoms with van der Waals surface area (Å²) < 4.78 is 11.6. The average Bonchev–Trinajstić information content (AvgIpc) is 3.48. The third-order valence-electron chi connectivity index (χ3n) is 7.01. The molecule has 4 aromatic rings. The van der Waals surface area contributed by atoms with Gasteiger partial charge in [0.25, 0.3) is 0 Å². The minimum absolute atomic E-state index is 0.360. The molecule has 0 spiro atoms. The molecular weight excluding hydrogens is 504 g/mol. The maximum atomic E-state index is 9.90. The summed E-state index contributed by atoms with van der Waals surface area (Å²) in [4.78, 5) is 2.41. The maximum Gasteiger partial charge on any atom is 0.247 e. The van der Waals surface area contributed by atoms with Crippen LogP contribution in [0.1, 0.15) is 29.9 Å². The highest BCUT2D eigenvalue weighted by atomic mass is 32.2. The van der Waals surface area contributed by atoms with Crippen molar-refractivity contribution in [3.05, 3.63) is 108 Å². The summed E-state index contributed by atoms with van der Waals surface area (Å²) in [7, 11) is 0. The van der Waals surface area contributed by atoms with Gasteiger partial charge in [-0.3, -0.25) is 4.90 Å². The smallest absolute Gasteiger partial charge is 0.247 e. The number of likely N-dealkylation sites (tertiary alicyclic amines) is 1. The van der Waals surface area contributed by atoms with Gasteiger partial charge >= 0.3 is 0 Å². The normalized spacial score (nSPS) is 15.3. The van der Waals surface area contributed by atoms with Crippen molar-refractivity contribution in [3.8, 4) is 23.3 Å². The number of nitrogens with zero attached hydrogens (tertiary/aromatic N) is 4. The standard InChI is InChI=1S/C32H32N4O2S/c33-25-32(28-9-3-1-4-10-28)17-20-36(21-18-32)19-7-8-26-13-15-27(16-14-26)31-35-34-30(38-31)24-39-23-22-37-29-11-5-2-6-12-29/h1-16H,17-24H2/b8-7+. The molecule has 3 aromatic carbocycles. The molecule has 0 saturated carbocycles. The van der Waals surface area contributed by atoms with Crippen molar-refractivity contribution in [1.29, 1.82) is 5.26 Å². The van der Waals surface area contributed by atoms with Crippen LogP contribution in [-0.4, -0.2) is 47.1 Å². The lowest BCUT2D eigenvalue weighted by atomic mass is 9.74. The van der Waals surface area contributed by atoms with E-state index < -0.39 is 0 Å². The van der Waals surface area contributed by atoms with Gasteiger partial charge in [0.15, 0.2) is 0 Å². The fraction of sp³-hybridized carbons (Fsp3) is 0.281. The van der Waals surface area contributed by atoms with Crippen molar-refractivity contribution >= 4 is 17.8 Å². The first-order valence-electron chi connectivity index (χ1n) is 13.3. The summed E-state index contributed by atoms with van der Waals surface area (Å²) in [5, 5.41) is 18.3. The van der Waals surface area contributed by atoms with Crippen molar-refractivity contribution in [1.82, 2.24) is 15.1 Å². The molecule has 198 valence electrons. The summed E-state index contributed by atoms with van der Waals surface area (Å²) in [6, 6.07) is 30.8. The van der Waals surface area contributed by atoms with Crippen molar-refractivity contribution in [2.24, 2.45) is 0 Å². The van der Waals surface area contributed by atoms with E-state index in [0.717, 1.165) is 60.7 Å². The van der Waals surface area contributed by atoms with E-state index in [1.165, 1.54) is 0 Å². The van der Waals surface area contributed by atoms with Gasteiger partial charge in [-0.15, -0.1) is 22.0 Å². The largest absolute Gasteiger partial charge is 0.493 e. The molecule has 1 aromatic heterocycles. The number of ether oxygens (including phenoxy) is 1. The van der Waals surface area contributed by atoms with Gasteiger partial charge < -0.3 is 9.15 Å². The lowest BCUT2D eigenvalue weighted by molar-refractivity contribution is 0.203. The highest BCUT2D eigenvalue weighted by molar-refractivity contribution is 7.98. The van der Waals surface area contributed by atoms with E-state index in [9.17, 15) is 5.26 Å². The first kappa shape index (κ1) is 26.7. The molecule has 0 N–H and O–H groups in total. The number of nitriles is 1. The Kier molecular flexibility index (Phi) is 9.10. The molecule has 0 radical (unpaired) electrons. The highest BCUT2D eigenvalue weighted by Gasteiger charge is 2.35. The molecule has 1 saturated heterocycles. The minimum atomic E-state index is -0.360. The Morgan fingerprint density at radius 3 is 2.38 bits per heavy atom. The van der Waals surface area contributed by atoms with Gasteiger partial charge in [-0.1, -0.05) is 72.8 Å². The van der Waals surface area contributed by atoms with Crippen LogP contribution < -0.4 is 4.74 Å². The zero-order valence-corrected chi connectivity index (χ0v) is 22.7. The molecule has 2 heterocycles. The number of para-hydroxylation sites is 1. The Morgan fingerprint density at radius 2 is 1.67 bits per heavy atom. The first-order valence-corrected chi connectivity index (χ1v) is 14.4. The predicted octanol–water partition coefficient (Wildman–Crippen LogP) is 6.62. The van der Waals surface area contributed by atoms with Crippen LogP contribution in [-0.2, 0) is 11.2 Å². The second-order valence-corrected chi connectivity index (χ2v) is 10.7. The number of thioether (sulfide) groups is 1. The maximum absolute atomic E-state index is 9.90. The number of piperidine rings is 1. The second-order valence-electron chi connectivity index (χ2n) is 9.60. The summed E-state index contributed by atoms with van der Waals surface area (Å²) in [5.74, 6) is 3.54. The minimum Gasteiger partial charge on any atom is -0.493 e. The van der Waals surface area contributed by atoms with Gasteiger partial charge in [0, 0.05) is 31.0 Å². The molecule has 0 bridgehead atoms. The van der Waals surface area contributed by atoms with Crippen LogP contribution in [0.25, 0.3) is 17.5 Å². The van der Waals surface area contributed by atoms with Gasteiger partial charge in [0.05, 0.1) is 23.8 Å². The number of rotatable bonds is 11. The van der Waals surface area contributed by atoms with E-state index in [-0.39, 0.29) is 5.41 Å². The molecule has 6 nitrogen and oxygen atoms in total. The van der Waals surface area contributed by atoms with Crippen molar-refractivity contribution in [2.45, 2.75) is 24.0 Å². The van der Waals surface area contributed by atoms with E-state index in [4.69, 9.17) is 9.15 Å². The summed E-state index contributed by atoms with van der Waals surface area (Å²) >= 11 is 1.71. The summed E-state index contributed by atoms with van der Waals surface area (Å²) in [6.07, 6.45) is 6.06. The molecule has 7 heteroatoms. The fourth-order valence-corrected chi connectivity index (χ4v) is 5.37. The molecule has 39 heavy (non-hydrogen) atoms. The van der Waals surface area contributed by atoms with Crippen LogP contribution in [0.3, 0.4) is 0 Å². The first-order chi connectivity index (χ1) is 19.2. The summed E-state index contributed by atoms with van der Waals surface area (Å²) in [5.41, 5.74) is 2.82. The Morgan fingerprint density at radius 1 is 0.949 bits per heavy atom. The van der Waals surface area contributed by atoms with Gasteiger partial charge in [-0.2, -0.15) is 5.26 Å². The van der Waals surface area contributed by atoms with Gasteiger partial charge in [-0.05, 0) is 48.2 Å². The van der Waals surface area contributed by atoms with Gasteiger partial charge in [-0.25, -0.2) is 0 Å². The van der Waals surface area contributed by atoms with Crippen molar-refractivity contribution in [3.63, 3.8) is 0 Å². The Bertz CT molecular complexity index is 1370. The molecule has 0 aliphatic carbocycles. The molecule has 1 fully saturated rings. The predicted molar refractivity (Wildman–Crippen MR) is 156 cm³/mol. The molecular formula is C32H32N4O2S. The van der Waals surface area contributed by atoms with E-state index in [2.05, 4.69) is 57.6 Å². The molecule has 1 aliphatic rings. The zero-order valence-electron chi connectivity index (χ0n) is 21.9. The van der Waals surface area contributed by atoms with E-state index >= 15 is 0 Å². The number of hydrogen-bond donors (Lipinski definition) is 0. The van der Waals surface area contributed by atoms with Crippen LogP contribution in [0.4, 0.5) is 0 Å². The monoisotopic (exact) mass is 536 g/mol.